The molecule has 10 heteroatoms. The number of hydrogen-bond donors (Lipinski definition) is 1. The molecule has 2 aliphatic heterocycles. The SMILES string of the molecule is O=C(CCCn1c(C(F)(F)F)nc2ccccc21)N1CCC2(CCCCCc3ccccc3OCCNC2=O)CC1. The van der Waals surface area contributed by atoms with Gasteiger partial charge in [-0.05, 0) is 62.3 Å². The van der Waals surface area contributed by atoms with Crippen LogP contribution in [-0.2, 0) is 28.7 Å². The number of amides is 2. The van der Waals surface area contributed by atoms with Gasteiger partial charge in [0.05, 0.1) is 23.0 Å². The molecular weight excluding hydrogens is 533 g/mol. The topological polar surface area (TPSA) is 76.5 Å². The molecule has 0 bridgehead atoms. The van der Waals surface area contributed by atoms with Crippen LogP contribution >= 0.6 is 0 Å². The zero-order valence-electron chi connectivity index (χ0n) is 23.2. The van der Waals surface area contributed by atoms with Crippen molar-refractivity contribution in [3.8, 4) is 5.75 Å². The Morgan fingerprint density at radius 1 is 1.00 bits per heavy atom. The van der Waals surface area contributed by atoms with E-state index in [1.54, 1.807) is 29.2 Å². The minimum absolute atomic E-state index is 0.0207. The number of rotatable bonds is 4. The van der Waals surface area contributed by atoms with E-state index < -0.39 is 17.4 Å². The van der Waals surface area contributed by atoms with Crippen LogP contribution in [0.3, 0.4) is 0 Å². The maximum atomic E-state index is 13.6. The summed E-state index contributed by atoms with van der Waals surface area (Å²) in [5, 5.41) is 3.07. The highest BCUT2D eigenvalue weighted by Crippen LogP contribution is 2.38. The zero-order chi connectivity index (χ0) is 28.9. The van der Waals surface area contributed by atoms with Gasteiger partial charge in [0.1, 0.15) is 12.4 Å². The first-order valence-corrected chi connectivity index (χ1v) is 14.6. The Morgan fingerprint density at radius 3 is 2.56 bits per heavy atom. The molecule has 0 aliphatic carbocycles. The fourth-order valence-electron chi connectivity index (χ4n) is 6.16. The summed E-state index contributed by atoms with van der Waals surface area (Å²) < 4.78 is 47.9. The van der Waals surface area contributed by atoms with Crippen molar-refractivity contribution in [2.45, 2.75) is 70.5 Å². The molecule has 2 aliphatic rings. The number of ether oxygens (including phenoxy) is 1. The van der Waals surface area contributed by atoms with Gasteiger partial charge in [0.2, 0.25) is 17.6 Å². The maximum Gasteiger partial charge on any atom is 0.449 e. The van der Waals surface area contributed by atoms with Crippen LogP contribution in [-0.4, -0.2) is 52.5 Å². The van der Waals surface area contributed by atoms with E-state index in [0.717, 1.165) is 42.4 Å². The average molecular weight is 571 g/mol. The van der Waals surface area contributed by atoms with Crippen molar-refractivity contribution < 1.29 is 27.5 Å². The Morgan fingerprint density at radius 2 is 1.76 bits per heavy atom. The van der Waals surface area contributed by atoms with Crippen molar-refractivity contribution in [3.05, 3.63) is 59.9 Å². The largest absolute Gasteiger partial charge is 0.491 e. The van der Waals surface area contributed by atoms with E-state index in [0.29, 0.717) is 44.6 Å². The van der Waals surface area contributed by atoms with Gasteiger partial charge in [-0.1, -0.05) is 43.2 Å². The van der Waals surface area contributed by atoms with E-state index in [2.05, 4.69) is 16.4 Å². The molecule has 1 spiro atoms. The number of likely N-dealkylation sites (tertiary alicyclic amines) is 1. The Bertz CT molecular complexity index is 1360. The molecule has 0 atom stereocenters. The number of carbonyl (C=O) groups excluding carboxylic acids is 2. The number of fused-ring (bicyclic) bond motifs is 2. The number of hydrogen-bond acceptors (Lipinski definition) is 4. The molecule has 1 aromatic heterocycles. The fourth-order valence-corrected chi connectivity index (χ4v) is 6.16. The quantitative estimate of drug-likeness (QED) is 0.433. The van der Waals surface area contributed by atoms with Crippen molar-refractivity contribution >= 4 is 22.8 Å². The van der Waals surface area contributed by atoms with Gasteiger partial charge in [-0.2, -0.15) is 13.2 Å². The Labute approximate surface area is 238 Å². The highest BCUT2D eigenvalue weighted by atomic mass is 19.4. The van der Waals surface area contributed by atoms with E-state index in [1.165, 1.54) is 5.56 Å². The first-order chi connectivity index (χ1) is 19.8. The summed E-state index contributed by atoms with van der Waals surface area (Å²) >= 11 is 0. The number of carbonyl (C=O) groups is 2. The Balaban J connectivity index is 1.16. The van der Waals surface area contributed by atoms with Gasteiger partial charge >= 0.3 is 6.18 Å². The summed E-state index contributed by atoms with van der Waals surface area (Å²) in [7, 11) is 0. The van der Waals surface area contributed by atoms with Crippen molar-refractivity contribution in [2.75, 3.05) is 26.2 Å². The smallest absolute Gasteiger partial charge is 0.449 e. The second kappa shape index (κ2) is 12.5. The minimum atomic E-state index is -4.58. The second-order valence-corrected chi connectivity index (χ2v) is 11.1. The van der Waals surface area contributed by atoms with Gasteiger partial charge in [0.15, 0.2) is 0 Å². The predicted molar refractivity (Wildman–Crippen MR) is 149 cm³/mol. The fraction of sp³-hybridized carbons (Fsp3) is 0.516. The summed E-state index contributed by atoms with van der Waals surface area (Å²) in [6, 6.07) is 14.5. The molecule has 1 saturated heterocycles. The van der Waals surface area contributed by atoms with Crippen molar-refractivity contribution in [2.24, 2.45) is 5.41 Å². The van der Waals surface area contributed by atoms with Crippen molar-refractivity contribution in [3.63, 3.8) is 0 Å². The third-order valence-electron chi connectivity index (χ3n) is 8.45. The molecule has 220 valence electrons. The molecule has 0 radical (unpaired) electrons. The van der Waals surface area contributed by atoms with Crippen LogP contribution in [0.2, 0.25) is 0 Å². The molecule has 5 rings (SSSR count). The van der Waals surface area contributed by atoms with Gasteiger partial charge in [0.25, 0.3) is 0 Å². The molecule has 2 aromatic carbocycles. The van der Waals surface area contributed by atoms with Crippen LogP contribution < -0.4 is 10.1 Å². The van der Waals surface area contributed by atoms with Gasteiger partial charge in [-0.15, -0.1) is 0 Å². The van der Waals surface area contributed by atoms with Crippen molar-refractivity contribution in [1.82, 2.24) is 19.8 Å². The van der Waals surface area contributed by atoms with Crippen LogP contribution in [0, 0.1) is 5.41 Å². The number of aromatic nitrogens is 2. The number of nitrogens with zero attached hydrogens (tertiary/aromatic N) is 3. The van der Waals surface area contributed by atoms with E-state index in [4.69, 9.17) is 4.74 Å². The number of alkyl halides is 3. The van der Waals surface area contributed by atoms with E-state index in [9.17, 15) is 22.8 Å². The lowest BCUT2D eigenvalue weighted by molar-refractivity contribution is -0.147. The van der Waals surface area contributed by atoms with E-state index >= 15 is 0 Å². The molecule has 1 fully saturated rings. The predicted octanol–water partition coefficient (Wildman–Crippen LogP) is 5.76. The summed E-state index contributed by atoms with van der Waals surface area (Å²) in [6.45, 7) is 1.80. The van der Waals surface area contributed by atoms with E-state index in [-0.39, 0.29) is 36.7 Å². The normalized spacial score (nSPS) is 18.5. The third-order valence-corrected chi connectivity index (χ3v) is 8.45. The lowest BCUT2D eigenvalue weighted by Crippen LogP contribution is -2.50. The molecule has 41 heavy (non-hydrogen) atoms. The standard InChI is InChI=1S/C31H37F3N4O3/c32-31(33,34)28-36-24-11-4-5-12-25(24)38(28)19-8-14-27(39)37-20-16-30(17-21-37)15-7-1-2-9-23-10-3-6-13-26(23)41-22-18-35-29(30)40/h3-6,10-13H,1-2,7-9,14-22H2,(H,35,40). The van der Waals surface area contributed by atoms with Crippen molar-refractivity contribution in [1.29, 1.82) is 0 Å². The number of aryl methyl sites for hydroxylation is 2. The third kappa shape index (κ3) is 6.68. The number of imidazole rings is 1. The number of halogens is 3. The van der Waals surface area contributed by atoms with Crippen LogP contribution in [0.15, 0.2) is 48.5 Å². The lowest BCUT2D eigenvalue weighted by Gasteiger charge is -2.41. The lowest BCUT2D eigenvalue weighted by atomic mass is 9.73. The van der Waals surface area contributed by atoms with Crippen LogP contribution in [0.4, 0.5) is 13.2 Å². The minimum Gasteiger partial charge on any atom is -0.491 e. The summed E-state index contributed by atoms with van der Waals surface area (Å²) in [5.74, 6) is -0.135. The number of para-hydroxylation sites is 3. The highest BCUT2D eigenvalue weighted by molar-refractivity contribution is 5.83. The molecule has 2 amide bonds. The summed E-state index contributed by atoms with van der Waals surface area (Å²) in [5.41, 5.74) is 1.37. The van der Waals surface area contributed by atoms with Crippen LogP contribution in [0.25, 0.3) is 11.0 Å². The van der Waals surface area contributed by atoms with Crippen LogP contribution in [0.5, 0.6) is 5.75 Å². The highest BCUT2D eigenvalue weighted by Gasteiger charge is 2.41. The molecule has 0 unspecified atom stereocenters. The first-order valence-electron chi connectivity index (χ1n) is 14.6. The van der Waals surface area contributed by atoms with Gasteiger partial charge < -0.3 is 19.5 Å². The van der Waals surface area contributed by atoms with Gasteiger partial charge in [-0.25, -0.2) is 4.98 Å². The number of benzene rings is 2. The first kappa shape index (κ1) is 29.0. The molecule has 1 N–H and O–H groups in total. The number of nitrogens with one attached hydrogen (secondary N) is 1. The monoisotopic (exact) mass is 570 g/mol. The zero-order valence-corrected chi connectivity index (χ0v) is 23.2. The summed E-state index contributed by atoms with van der Waals surface area (Å²) in [4.78, 5) is 31.9. The second-order valence-electron chi connectivity index (χ2n) is 11.1. The molecule has 3 aromatic rings. The average Bonchev–Trinajstić information content (AvgIpc) is 3.35. The summed E-state index contributed by atoms with van der Waals surface area (Å²) in [6.07, 6.45) is 1.67. The Hall–Kier alpha value is -3.56. The molecule has 3 heterocycles. The van der Waals surface area contributed by atoms with E-state index in [1.807, 2.05) is 18.2 Å². The Kier molecular flexibility index (Phi) is 8.85. The van der Waals surface area contributed by atoms with Crippen LogP contribution in [0.1, 0.15) is 62.8 Å². The van der Waals surface area contributed by atoms with Gasteiger partial charge in [-0.3, -0.25) is 9.59 Å². The molecule has 0 saturated carbocycles. The number of piperidine rings is 1. The molecule has 7 nitrogen and oxygen atoms in total. The van der Waals surface area contributed by atoms with Gasteiger partial charge in [0, 0.05) is 26.1 Å². The maximum absolute atomic E-state index is 13.6. The molecular formula is C31H37F3N4O3.